The summed E-state index contributed by atoms with van der Waals surface area (Å²) >= 11 is 0. The Morgan fingerprint density at radius 2 is 1.75 bits per heavy atom. The lowest BCUT2D eigenvalue weighted by molar-refractivity contribution is 0.395. The summed E-state index contributed by atoms with van der Waals surface area (Å²) in [4.78, 5) is 0. The van der Waals surface area contributed by atoms with Crippen molar-refractivity contribution < 1.29 is 10.2 Å². The molecule has 106 valence electrons. The second kappa shape index (κ2) is 6.44. The van der Waals surface area contributed by atoms with Gasteiger partial charge in [-0.05, 0) is 25.0 Å². The monoisotopic (exact) mass is 271 g/mol. The van der Waals surface area contributed by atoms with Gasteiger partial charge in [0.2, 0.25) is 0 Å². The van der Waals surface area contributed by atoms with Crippen LogP contribution < -0.4 is 5.32 Å². The predicted octanol–water partition coefficient (Wildman–Crippen LogP) is 3.65. The summed E-state index contributed by atoms with van der Waals surface area (Å²) in [5.74, 6) is -0.119. The number of benzene rings is 2. The number of rotatable bonds is 5. The largest absolute Gasteiger partial charge is 0.504 e. The first-order chi connectivity index (χ1) is 9.61. The number of para-hydroxylation sites is 1. The molecule has 2 rings (SSSR count). The minimum absolute atomic E-state index is 0.0428. The van der Waals surface area contributed by atoms with Gasteiger partial charge in [-0.2, -0.15) is 0 Å². The molecule has 1 atom stereocenters. The van der Waals surface area contributed by atoms with E-state index in [1.54, 1.807) is 6.07 Å². The molecule has 2 aromatic carbocycles. The predicted molar refractivity (Wildman–Crippen MR) is 80.8 cm³/mol. The average Bonchev–Trinajstić information content (AvgIpc) is 2.45. The first kappa shape index (κ1) is 14.4. The van der Waals surface area contributed by atoms with Gasteiger partial charge in [0.25, 0.3) is 0 Å². The quantitative estimate of drug-likeness (QED) is 0.728. The fraction of sp³-hybridized carbons (Fsp3) is 0.294. The zero-order chi connectivity index (χ0) is 14.5. The van der Waals surface area contributed by atoms with Crippen molar-refractivity contribution in [3.63, 3.8) is 0 Å². The molecule has 0 aromatic heterocycles. The van der Waals surface area contributed by atoms with Crippen LogP contribution in [0.3, 0.4) is 0 Å². The van der Waals surface area contributed by atoms with E-state index >= 15 is 0 Å². The van der Waals surface area contributed by atoms with Gasteiger partial charge in [-0.25, -0.2) is 0 Å². The second-order valence-corrected chi connectivity index (χ2v) is 5.04. The molecule has 0 amide bonds. The van der Waals surface area contributed by atoms with E-state index in [1.807, 2.05) is 6.07 Å². The summed E-state index contributed by atoms with van der Waals surface area (Å²) in [6.07, 6.45) is 0.961. The van der Waals surface area contributed by atoms with Crippen molar-refractivity contribution in [1.82, 2.24) is 5.32 Å². The summed E-state index contributed by atoms with van der Waals surface area (Å²) in [6, 6.07) is 13.7. The summed E-state index contributed by atoms with van der Waals surface area (Å²) in [6.45, 7) is 4.72. The molecule has 3 N–H and O–H groups in total. The zero-order valence-electron chi connectivity index (χ0n) is 11.9. The van der Waals surface area contributed by atoms with E-state index in [-0.39, 0.29) is 17.5 Å². The number of hydrogen-bond acceptors (Lipinski definition) is 3. The molecule has 0 aliphatic rings. The molecule has 3 heteroatoms. The molecular formula is C17H21NO2. The Balaban J connectivity index is 2.07. The molecule has 0 radical (unpaired) electrons. The molecular weight excluding hydrogens is 250 g/mol. The van der Waals surface area contributed by atoms with Crippen LogP contribution in [0.1, 0.15) is 36.1 Å². The second-order valence-electron chi connectivity index (χ2n) is 5.04. The number of nitrogens with one attached hydrogen (secondary N) is 1. The lowest BCUT2D eigenvalue weighted by Crippen LogP contribution is -2.20. The Labute approximate surface area is 119 Å². The number of phenols is 2. The van der Waals surface area contributed by atoms with Crippen molar-refractivity contribution in [2.24, 2.45) is 0 Å². The van der Waals surface area contributed by atoms with E-state index in [4.69, 9.17) is 0 Å². The fourth-order valence-electron chi connectivity index (χ4n) is 2.25. The first-order valence-electron chi connectivity index (χ1n) is 6.91. The fourth-order valence-corrected chi connectivity index (χ4v) is 2.25. The molecule has 3 nitrogen and oxygen atoms in total. The maximum absolute atomic E-state index is 9.80. The van der Waals surface area contributed by atoms with Crippen molar-refractivity contribution in [2.75, 3.05) is 0 Å². The van der Waals surface area contributed by atoms with Crippen molar-refractivity contribution in [3.05, 3.63) is 59.2 Å². The SMILES string of the molecule is CCC(NCc1cccc(O)c1O)c1ccc(C)cc1. The van der Waals surface area contributed by atoms with Crippen LogP contribution in [0.15, 0.2) is 42.5 Å². The Hall–Kier alpha value is -2.00. The van der Waals surface area contributed by atoms with Crippen molar-refractivity contribution in [3.8, 4) is 11.5 Å². The van der Waals surface area contributed by atoms with Crippen LogP contribution in [0.4, 0.5) is 0 Å². The molecule has 0 aliphatic heterocycles. The minimum atomic E-state index is -0.0762. The van der Waals surface area contributed by atoms with Crippen LogP contribution in [-0.2, 0) is 6.54 Å². The average molecular weight is 271 g/mol. The summed E-state index contributed by atoms with van der Waals surface area (Å²) < 4.78 is 0. The number of phenolic OH excluding ortho intramolecular Hbond substituents is 2. The van der Waals surface area contributed by atoms with Crippen LogP contribution >= 0.6 is 0 Å². The highest BCUT2D eigenvalue weighted by Gasteiger charge is 2.11. The highest BCUT2D eigenvalue weighted by molar-refractivity contribution is 5.44. The Morgan fingerprint density at radius 1 is 1.05 bits per heavy atom. The zero-order valence-corrected chi connectivity index (χ0v) is 11.9. The Kier molecular flexibility index (Phi) is 4.64. The third-order valence-corrected chi connectivity index (χ3v) is 3.53. The Bertz CT molecular complexity index is 564. The van der Waals surface area contributed by atoms with Gasteiger partial charge < -0.3 is 15.5 Å². The van der Waals surface area contributed by atoms with E-state index in [1.165, 1.54) is 17.2 Å². The van der Waals surface area contributed by atoms with Gasteiger partial charge in [0.1, 0.15) is 0 Å². The van der Waals surface area contributed by atoms with E-state index in [2.05, 4.69) is 43.4 Å². The van der Waals surface area contributed by atoms with E-state index in [0.717, 1.165) is 6.42 Å². The van der Waals surface area contributed by atoms with E-state index < -0.39 is 0 Å². The van der Waals surface area contributed by atoms with Gasteiger partial charge in [-0.1, -0.05) is 48.9 Å². The maximum Gasteiger partial charge on any atom is 0.161 e. The van der Waals surface area contributed by atoms with Gasteiger partial charge in [0.05, 0.1) is 0 Å². The highest BCUT2D eigenvalue weighted by Crippen LogP contribution is 2.28. The van der Waals surface area contributed by atoms with Crippen molar-refractivity contribution in [2.45, 2.75) is 32.9 Å². The molecule has 0 bridgehead atoms. The van der Waals surface area contributed by atoms with Crippen molar-refractivity contribution >= 4 is 0 Å². The van der Waals surface area contributed by atoms with Gasteiger partial charge >= 0.3 is 0 Å². The minimum Gasteiger partial charge on any atom is -0.504 e. The van der Waals surface area contributed by atoms with Crippen LogP contribution in [-0.4, -0.2) is 10.2 Å². The molecule has 0 saturated carbocycles. The molecule has 0 aliphatic carbocycles. The third kappa shape index (κ3) is 3.31. The molecule has 0 heterocycles. The number of aromatic hydroxyl groups is 2. The van der Waals surface area contributed by atoms with Gasteiger partial charge in [-0.15, -0.1) is 0 Å². The first-order valence-corrected chi connectivity index (χ1v) is 6.91. The summed E-state index contributed by atoms with van der Waals surface area (Å²) in [5, 5.41) is 22.7. The lowest BCUT2D eigenvalue weighted by atomic mass is 10.0. The van der Waals surface area contributed by atoms with Gasteiger partial charge in [0.15, 0.2) is 11.5 Å². The van der Waals surface area contributed by atoms with Crippen LogP contribution in [0.2, 0.25) is 0 Å². The summed E-state index contributed by atoms with van der Waals surface area (Å²) in [5.41, 5.74) is 3.18. The van der Waals surface area contributed by atoms with Crippen LogP contribution in [0.5, 0.6) is 11.5 Å². The number of aryl methyl sites for hydroxylation is 1. The van der Waals surface area contributed by atoms with E-state index in [9.17, 15) is 10.2 Å². The third-order valence-electron chi connectivity index (χ3n) is 3.53. The van der Waals surface area contributed by atoms with Crippen LogP contribution in [0, 0.1) is 6.92 Å². The molecule has 20 heavy (non-hydrogen) atoms. The lowest BCUT2D eigenvalue weighted by Gasteiger charge is -2.18. The topological polar surface area (TPSA) is 52.5 Å². The molecule has 0 spiro atoms. The normalized spacial score (nSPS) is 12.3. The molecule has 0 fully saturated rings. The van der Waals surface area contributed by atoms with Gasteiger partial charge in [0, 0.05) is 18.2 Å². The standard InChI is InChI=1S/C17H21NO2/c1-3-15(13-9-7-12(2)8-10-13)18-11-14-5-4-6-16(19)17(14)20/h4-10,15,18-20H,3,11H2,1-2H3. The number of hydrogen-bond donors (Lipinski definition) is 3. The van der Waals surface area contributed by atoms with Gasteiger partial charge in [-0.3, -0.25) is 0 Å². The van der Waals surface area contributed by atoms with Crippen LogP contribution in [0.25, 0.3) is 0 Å². The highest BCUT2D eigenvalue weighted by atomic mass is 16.3. The Morgan fingerprint density at radius 3 is 2.40 bits per heavy atom. The maximum atomic E-state index is 9.80. The summed E-state index contributed by atoms with van der Waals surface area (Å²) in [7, 11) is 0. The molecule has 0 saturated heterocycles. The molecule has 1 unspecified atom stereocenters. The molecule has 2 aromatic rings. The van der Waals surface area contributed by atoms with Crippen molar-refractivity contribution in [1.29, 1.82) is 0 Å². The van der Waals surface area contributed by atoms with E-state index in [0.29, 0.717) is 12.1 Å². The smallest absolute Gasteiger partial charge is 0.161 e.